The van der Waals surface area contributed by atoms with Crippen LogP contribution in [-0.2, 0) is 4.57 Å². The summed E-state index contributed by atoms with van der Waals surface area (Å²) < 4.78 is 9.09. The van der Waals surface area contributed by atoms with E-state index in [1.165, 1.54) is 77.0 Å². The molecule has 5 heteroatoms. The number of hydrogen-bond donors (Lipinski definition) is 2. The van der Waals surface area contributed by atoms with E-state index in [1.807, 2.05) is 0 Å². The molecular formula is C18H36ClO3P. The molecule has 3 nitrogen and oxygen atoms in total. The van der Waals surface area contributed by atoms with Crippen molar-refractivity contribution in [3.05, 3.63) is 0 Å². The van der Waals surface area contributed by atoms with Gasteiger partial charge >= 0.3 is 6.95 Å². The highest BCUT2D eigenvalue weighted by molar-refractivity contribution is 7.79. The van der Waals surface area contributed by atoms with Crippen LogP contribution in [0.3, 0.4) is 0 Å². The Morgan fingerprint density at radius 3 is 0.957 bits per heavy atom. The van der Waals surface area contributed by atoms with Crippen LogP contribution < -0.4 is 0 Å². The van der Waals surface area contributed by atoms with E-state index in [1.54, 1.807) is 25.7 Å². The van der Waals surface area contributed by atoms with Crippen molar-refractivity contribution in [1.82, 2.24) is 0 Å². The highest BCUT2D eigenvalue weighted by Gasteiger charge is 2.21. The average molecular weight is 367 g/mol. The molecule has 2 aliphatic carbocycles. The summed E-state index contributed by atoms with van der Waals surface area (Å²) in [7, 11) is 0. The van der Waals surface area contributed by atoms with E-state index in [4.69, 9.17) is 14.4 Å². The first-order valence-corrected chi connectivity index (χ1v) is 12.2. The van der Waals surface area contributed by atoms with E-state index in [-0.39, 0.29) is 0 Å². The first-order chi connectivity index (χ1) is 11.0. The van der Waals surface area contributed by atoms with E-state index >= 15 is 0 Å². The Labute approximate surface area is 147 Å². The molecule has 2 fully saturated rings. The standard InChI is InChI=1S/C18H34.ClH2O3P/c1-2-6-10-14-17(13-9-5-1)18-15-11-7-3-4-8-12-16-18;1-5(2,3)4/h17-18H,1-16H2;(H2,2,3,4). The Kier molecular flexibility index (Phi) is 11.9. The predicted molar refractivity (Wildman–Crippen MR) is 98.7 cm³/mol. The molecule has 0 atom stereocenters. The summed E-state index contributed by atoms with van der Waals surface area (Å²) in [6, 6.07) is 0. The lowest BCUT2D eigenvalue weighted by atomic mass is 9.79. The summed E-state index contributed by atoms with van der Waals surface area (Å²) in [5.41, 5.74) is 0. The lowest BCUT2D eigenvalue weighted by molar-refractivity contribution is 0.247. The van der Waals surface area contributed by atoms with E-state index in [2.05, 4.69) is 11.2 Å². The minimum Gasteiger partial charge on any atom is -0.313 e. The molecule has 0 saturated heterocycles. The van der Waals surface area contributed by atoms with Gasteiger partial charge in [0.1, 0.15) is 0 Å². The molecule has 0 aromatic heterocycles. The molecule has 0 heterocycles. The Bertz CT molecular complexity index is 282. The lowest BCUT2D eigenvalue weighted by Crippen LogP contribution is -2.15. The number of hydrogen-bond acceptors (Lipinski definition) is 1. The van der Waals surface area contributed by atoms with Crippen molar-refractivity contribution in [2.24, 2.45) is 11.8 Å². The second-order valence-corrected chi connectivity index (χ2v) is 9.66. The number of halogens is 1. The van der Waals surface area contributed by atoms with E-state index in [9.17, 15) is 0 Å². The first-order valence-electron chi connectivity index (χ1n) is 9.72. The van der Waals surface area contributed by atoms with Crippen LogP contribution in [0.2, 0.25) is 0 Å². The third-order valence-electron chi connectivity index (χ3n) is 5.47. The molecule has 0 aliphatic heterocycles. The molecule has 0 amide bonds. The Morgan fingerprint density at radius 2 is 0.739 bits per heavy atom. The third-order valence-corrected chi connectivity index (χ3v) is 5.47. The highest BCUT2D eigenvalue weighted by Crippen LogP contribution is 2.40. The molecule has 2 rings (SSSR count). The SMILES string of the molecule is C1CCCCC(C2CCCCCCCC2)CCC1.O=P(O)(O)Cl. The van der Waals surface area contributed by atoms with Gasteiger partial charge in [-0.2, -0.15) is 0 Å². The topological polar surface area (TPSA) is 57.5 Å². The normalized spacial score (nSPS) is 24.0. The largest absolute Gasteiger partial charge is 0.419 e. The molecule has 0 bridgehead atoms. The minimum absolute atomic E-state index is 1.10. The van der Waals surface area contributed by atoms with Crippen LogP contribution >= 0.6 is 18.2 Å². The van der Waals surface area contributed by atoms with Gasteiger partial charge in [0.25, 0.3) is 0 Å². The molecule has 0 aromatic rings. The van der Waals surface area contributed by atoms with Gasteiger partial charge in [-0.05, 0) is 11.8 Å². The fourth-order valence-corrected chi connectivity index (χ4v) is 4.27. The molecule has 2 aliphatic rings. The second kappa shape index (κ2) is 12.8. The molecule has 23 heavy (non-hydrogen) atoms. The quantitative estimate of drug-likeness (QED) is 0.501. The third kappa shape index (κ3) is 13.4. The van der Waals surface area contributed by atoms with Crippen LogP contribution in [0.1, 0.15) is 103 Å². The van der Waals surface area contributed by atoms with Crippen LogP contribution in [-0.4, -0.2) is 9.79 Å². The van der Waals surface area contributed by atoms with Crippen LogP contribution in [0, 0.1) is 11.8 Å². The fraction of sp³-hybridized carbons (Fsp3) is 1.00. The molecule has 2 N–H and O–H groups in total. The molecule has 0 aromatic carbocycles. The van der Waals surface area contributed by atoms with Crippen molar-refractivity contribution in [3.8, 4) is 0 Å². The zero-order valence-corrected chi connectivity index (χ0v) is 16.2. The fourth-order valence-electron chi connectivity index (χ4n) is 4.27. The Balaban J connectivity index is 0.000000463. The van der Waals surface area contributed by atoms with Gasteiger partial charge in [-0.1, -0.05) is 103 Å². The molecule has 138 valence electrons. The van der Waals surface area contributed by atoms with Gasteiger partial charge in [0.2, 0.25) is 0 Å². The van der Waals surface area contributed by atoms with Crippen LogP contribution in [0.5, 0.6) is 0 Å². The van der Waals surface area contributed by atoms with Gasteiger partial charge in [0.05, 0.1) is 0 Å². The van der Waals surface area contributed by atoms with E-state index < -0.39 is 6.95 Å². The Hall–Kier alpha value is 0.440. The lowest BCUT2D eigenvalue weighted by Gasteiger charge is -2.27. The van der Waals surface area contributed by atoms with Crippen molar-refractivity contribution in [2.75, 3.05) is 0 Å². The summed E-state index contributed by atoms with van der Waals surface area (Å²) >= 11 is 4.20. The summed E-state index contributed by atoms with van der Waals surface area (Å²) in [4.78, 5) is 14.8. The monoisotopic (exact) mass is 366 g/mol. The van der Waals surface area contributed by atoms with Crippen LogP contribution in [0.4, 0.5) is 0 Å². The van der Waals surface area contributed by atoms with Gasteiger partial charge in [-0.25, -0.2) is 4.57 Å². The van der Waals surface area contributed by atoms with Crippen molar-refractivity contribution in [3.63, 3.8) is 0 Å². The highest BCUT2D eigenvalue weighted by atomic mass is 35.7. The van der Waals surface area contributed by atoms with Gasteiger partial charge in [0.15, 0.2) is 0 Å². The van der Waals surface area contributed by atoms with E-state index in [0.29, 0.717) is 0 Å². The molecule has 2 saturated carbocycles. The zero-order chi connectivity index (χ0) is 17.0. The summed E-state index contributed by atoms with van der Waals surface area (Å²) in [5.74, 6) is 2.20. The zero-order valence-electron chi connectivity index (χ0n) is 14.6. The van der Waals surface area contributed by atoms with Gasteiger partial charge in [-0.15, -0.1) is 0 Å². The summed E-state index contributed by atoms with van der Waals surface area (Å²) in [6.45, 7) is -4.17. The van der Waals surface area contributed by atoms with Crippen molar-refractivity contribution < 1.29 is 14.4 Å². The van der Waals surface area contributed by atoms with Crippen molar-refractivity contribution >= 4 is 18.2 Å². The smallest absolute Gasteiger partial charge is 0.313 e. The van der Waals surface area contributed by atoms with Crippen molar-refractivity contribution in [1.29, 1.82) is 0 Å². The Morgan fingerprint density at radius 1 is 0.565 bits per heavy atom. The molecular weight excluding hydrogens is 331 g/mol. The van der Waals surface area contributed by atoms with Crippen molar-refractivity contribution in [2.45, 2.75) is 103 Å². The predicted octanol–water partition coefficient (Wildman–Crippen LogP) is 6.81. The maximum Gasteiger partial charge on any atom is 0.419 e. The minimum atomic E-state index is -4.17. The van der Waals surface area contributed by atoms with Gasteiger partial charge in [0, 0.05) is 11.2 Å². The van der Waals surface area contributed by atoms with Gasteiger partial charge < -0.3 is 9.79 Å². The number of rotatable bonds is 1. The second-order valence-electron chi connectivity index (χ2n) is 7.39. The van der Waals surface area contributed by atoms with Crippen LogP contribution in [0.25, 0.3) is 0 Å². The molecule has 0 spiro atoms. The maximum absolute atomic E-state index is 9.09. The van der Waals surface area contributed by atoms with Crippen LogP contribution in [0.15, 0.2) is 0 Å². The molecule has 0 unspecified atom stereocenters. The van der Waals surface area contributed by atoms with E-state index in [0.717, 1.165) is 11.8 Å². The summed E-state index contributed by atoms with van der Waals surface area (Å²) in [6.07, 6.45) is 24.5. The molecule has 0 radical (unpaired) electrons. The average Bonchev–Trinajstić information content (AvgIpc) is 2.68. The summed E-state index contributed by atoms with van der Waals surface area (Å²) in [5, 5.41) is 0. The van der Waals surface area contributed by atoms with Gasteiger partial charge in [-0.3, -0.25) is 0 Å². The maximum atomic E-state index is 9.09. The first kappa shape index (κ1) is 21.5.